The molecule has 1 rings (SSSR count). The summed E-state index contributed by atoms with van der Waals surface area (Å²) in [5.74, 6) is 0.956. The number of aliphatic hydroxyl groups excluding tert-OH is 1. The second kappa shape index (κ2) is 5.18. The molecule has 2 atom stereocenters. The van der Waals surface area contributed by atoms with Crippen LogP contribution in [-0.4, -0.2) is 11.7 Å². The molecule has 1 heteroatoms. The van der Waals surface area contributed by atoms with Gasteiger partial charge in [-0.05, 0) is 37.0 Å². The van der Waals surface area contributed by atoms with E-state index in [9.17, 15) is 5.11 Å². The van der Waals surface area contributed by atoms with Crippen molar-refractivity contribution in [1.29, 1.82) is 0 Å². The van der Waals surface area contributed by atoms with Gasteiger partial charge < -0.3 is 5.11 Å². The van der Waals surface area contributed by atoms with Crippen LogP contribution in [-0.2, 0) is 0 Å². The molecule has 0 heterocycles. The van der Waals surface area contributed by atoms with E-state index in [-0.39, 0.29) is 12.0 Å². The molecule has 1 N–H and O–H groups in total. The van der Waals surface area contributed by atoms with Gasteiger partial charge in [0, 0.05) is 6.61 Å². The molecule has 0 amide bonds. The monoisotopic (exact) mass is 222 g/mol. The van der Waals surface area contributed by atoms with E-state index < -0.39 is 0 Å². The van der Waals surface area contributed by atoms with Gasteiger partial charge in [-0.15, -0.1) is 0 Å². The topological polar surface area (TPSA) is 20.2 Å². The lowest BCUT2D eigenvalue weighted by Gasteiger charge is -2.32. The summed E-state index contributed by atoms with van der Waals surface area (Å²) in [5, 5.41) is 9.25. The lowest BCUT2D eigenvalue weighted by Crippen LogP contribution is -2.23. The molecule has 1 aliphatic carbocycles. The van der Waals surface area contributed by atoms with E-state index in [0.29, 0.717) is 11.8 Å². The van der Waals surface area contributed by atoms with Gasteiger partial charge in [0.05, 0.1) is 0 Å². The van der Waals surface area contributed by atoms with Gasteiger partial charge in [0.15, 0.2) is 0 Å². The third kappa shape index (κ3) is 2.57. The van der Waals surface area contributed by atoms with E-state index in [1.807, 2.05) is 0 Å². The average Bonchev–Trinajstić information content (AvgIpc) is 2.50. The minimum atomic E-state index is 0.255. The van der Waals surface area contributed by atoms with E-state index in [0.717, 1.165) is 19.3 Å². The molecule has 0 fully saturated rings. The van der Waals surface area contributed by atoms with Crippen LogP contribution in [0.25, 0.3) is 0 Å². The van der Waals surface area contributed by atoms with Crippen molar-refractivity contribution in [3.63, 3.8) is 0 Å². The molecule has 0 aliphatic heterocycles. The van der Waals surface area contributed by atoms with Crippen molar-refractivity contribution in [2.75, 3.05) is 6.61 Å². The number of aliphatic hydroxyl groups is 1. The molecule has 0 bridgehead atoms. The van der Waals surface area contributed by atoms with Gasteiger partial charge in [-0.1, -0.05) is 51.0 Å². The Morgan fingerprint density at radius 3 is 2.62 bits per heavy atom. The quantitative estimate of drug-likeness (QED) is 0.698. The third-order valence-corrected chi connectivity index (χ3v) is 4.43. The Kier molecular flexibility index (Phi) is 4.37. The zero-order chi connectivity index (χ0) is 12.3. The van der Waals surface area contributed by atoms with Gasteiger partial charge >= 0.3 is 0 Å². The highest BCUT2D eigenvalue weighted by Crippen LogP contribution is 2.47. The second-order valence-electron chi connectivity index (χ2n) is 5.72. The Bertz CT molecular complexity index is 282. The molecule has 0 spiro atoms. The summed E-state index contributed by atoms with van der Waals surface area (Å²) in [6.45, 7) is 13.5. The fourth-order valence-corrected chi connectivity index (χ4v) is 2.66. The maximum Gasteiger partial charge on any atom is 0.0462 e. The number of hydrogen-bond donors (Lipinski definition) is 1. The molecule has 0 aromatic heterocycles. The van der Waals surface area contributed by atoms with Gasteiger partial charge in [-0.2, -0.15) is 0 Å². The fraction of sp³-hybridized carbons (Fsp3) is 0.733. The summed E-state index contributed by atoms with van der Waals surface area (Å²) in [6, 6.07) is 0. The summed E-state index contributed by atoms with van der Waals surface area (Å²) in [7, 11) is 0. The minimum Gasteiger partial charge on any atom is -0.396 e. The highest BCUT2D eigenvalue weighted by molar-refractivity contribution is 5.25. The van der Waals surface area contributed by atoms with Gasteiger partial charge in [-0.25, -0.2) is 0 Å². The molecule has 0 radical (unpaired) electrons. The molecule has 92 valence electrons. The molecule has 1 unspecified atom stereocenters. The third-order valence-electron chi connectivity index (χ3n) is 4.43. The minimum absolute atomic E-state index is 0.255. The Labute approximate surface area is 100 Å². The maximum atomic E-state index is 9.25. The number of hydrogen-bond acceptors (Lipinski definition) is 1. The van der Waals surface area contributed by atoms with E-state index in [1.165, 1.54) is 11.1 Å². The predicted octanol–water partition coefficient (Wildman–Crippen LogP) is 3.94. The Hall–Kier alpha value is -0.560. The molecule has 0 aromatic carbocycles. The zero-order valence-corrected chi connectivity index (χ0v) is 11.2. The van der Waals surface area contributed by atoms with Gasteiger partial charge in [-0.3, -0.25) is 0 Å². The highest BCUT2D eigenvalue weighted by atomic mass is 16.3. The summed E-state index contributed by atoms with van der Waals surface area (Å²) < 4.78 is 0. The first-order chi connectivity index (χ1) is 7.43. The summed E-state index contributed by atoms with van der Waals surface area (Å²) >= 11 is 0. The van der Waals surface area contributed by atoms with E-state index in [2.05, 4.69) is 40.3 Å². The molecular formula is C15H26O. The summed E-state index contributed by atoms with van der Waals surface area (Å²) in [5.41, 5.74) is 3.06. The molecule has 16 heavy (non-hydrogen) atoms. The smallest absolute Gasteiger partial charge is 0.0462 e. The lowest BCUT2D eigenvalue weighted by atomic mass is 9.72. The van der Waals surface area contributed by atoms with Crippen molar-refractivity contribution >= 4 is 0 Å². The van der Waals surface area contributed by atoms with Crippen molar-refractivity contribution < 1.29 is 5.11 Å². The van der Waals surface area contributed by atoms with Crippen molar-refractivity contribution in [3.05, 3.63) is 23.8 Å². The predicted molar refractivity (Wildman–Crippen MR) is 70.3 cm³/mol. The van der Waals surface area contributed by atoms with Crippen LogP contribution in [0, 0.1) is 17.3 Å². The van der Waals surface area contributed by atoms with Crippen molar-refractivity contribution in [1.82, 2.24) is 0 Å². The number of allylic oxidation sites excluding steroid dienone is 3. The molecule has 0 saturated carbocycles. The normalized spacial score (nSPS) is 25.3. The standard InChI is InChI=1S/C15H26O/c1-6-13(10-16)9-11(2)14-8-7-12(3)15(14,4)5/h7,13-14,16H,2,6,8-10H2,1,3-5H3/t13-,14?/m1/s1. The summed E-state index contributed by atoms with van der Waals surface area (Å²) in [4.78, 5) is 0. The van der Waals surface area contributed by atoms with Crippen LogP contribution >= 0.6 is 0 Å². The van der Waals surface area contributed by atoms with Crippen molar-refractivity contribution in [2.24, 2.45) is 17.3 Å². The first kappa shape index (κ1) is 13.5. The van der Waals surface area contributed by atoms with Gasteiger partial charge in [0.25, 0.3) is 0 Å². The lowest BCUT2D eigenvalue weighted by molar-refractivity contribution is 0.214. The maximum absolute atomic E-state index is 9.25. The van der Waals surface area contributed by atoms with Crippen molar-refractivity contribution in [2.45, 2.75) is 47.0 Å². The van der Waals surface area contributed by atoms with Crippen LogP contribution in [0.1, 0.15) is 47.0 Å². The zero-order valence-electron chi connectivity index (χ0n) is 11.2. The van der Waals surface area contributed by atoms with Crippen LogP contribution in [0.15, 0.2) is 23.8 Å². The molecular weight excluding hydrogens is 196 g/mol. The largest absolute Gasteiger partial charge is 0.396 e. The van der Waals surface area contributed by atoms with Crippen LogP contribution in [0.3, 0.4) is 0 Å². The van der Waals surface area contributed by atoms with Crippen LogP contribution in [0.2, 0.25) is 0 Å². The molecule has 0 aromatic rings. The first-order valence-corrected chi connectivity index (χ1v) is 6.39. The fourth-order valence-electron chi connectivity index (χ4n) is 2.66. The van der Waals surface area contributed by atoms with E-state index in [1.54, 1.807) is 0 Å². The van der Waals surface area contributed by atoms with E-state index in [4.69, 9.17) is 0 Å². The highest BCUT2D eigenvalue weighted by Gasteiger charge is 2.36. The average molecular weight is 222 g/mol. The number of rotatable bonds is 5. The SMILES string of the molecule is C=C(C[C@@H](CC)CO)C1CC=C(C)C1(C)C. The van der Waals surface area contributed by atoms with Gasteiger partial charge in [0.1, 0.15) is 0 Å². The van der Waals surface area contributed by atoms with Crippen LogP contribution < -0.4 is 0 Å². The Morgan fingerprint density at radius 2 is 2.25 bits per heavy atom. The molecule has 1 nitrogen and oxygen atoms in total. The molecule has 0 saturated heterocycles. The molecule has 1 aliphatic rings. The second-order valence-corrected chi connectivity index (χ2v) is 5.72. The summed E-state index contributed by atoms with van der Waals surface area (Å²) in [6.07, 6.45) is 5.48. The van der Waals surface area contributed by atoms with Crippen LogP contribution in [0.4, 0.5) is 0 Å². The van der Waals surface area contributed by atoms with Crippen molar-refractivity contribution in [3.8, 4) is 0 Å². The van der Waals surface area contributed by atoms with E-state index >= 15 is 0 Å². The van der Waals surface area contributed by atoms with Crippen LogP contribution in [0.5, 0.6) is 0 Å². The van der Waals surface area contributed by atoms with Gasteiger partial charge in [0.2, 0.25) is 0 Å². The first-order valence-electron chi connectivity index (χ1n) is 6.39. The Morgan fingerprint density at radius 1 is 1.62 bits per heavy atom. The Balaban J connectivity index is 2.63.